The predicted octanol–water partition coefficient (Wildman–Crippen LogP) is 2.32. The fraction of sp³-hybridized carbons (Fsp3) is 0.778. The minimum absolute atomic E-state index is 0. The molecule has 1 saturated heterocycles. The highest BCUT2D eigenvalue weighted by Gasteiger charge is 2.21. The van der Waals surface area contributed by atoms with Gasteiger partial charge < -0.3 is 19.8 Å². The van der Waals surface area contributed by atoms with Gasteiger partial charge in [0, 0.05) is 26.7 Å². The molecule has 1 atom stereocenters. The summed E-state index contributed by atoms with van der Waals surface area (Å²) in [6.07, 6.45) is 2.35. The van der Waals surface area contributed by atoms with Crippen molar-refractivity contribution in [2.45, 2.75) is 46.2 Å². The van der Waals surface area contributed by atoms with E-state index in [0.717, 1.165) is 49.5 Å². The van der Waals surface area contributed by atoms with Crippen LogP contribution in [0.4, 0.5) is 0 Å². The highest BCUT2D eigenvalue weighted by atomic mass is 127. The number of hydrogen-bond donors (Lipinski definition) is 2. The summed E-state index contributed by atoms with van der Waals surface area (Å²) < 4.78 is 10.8. The van der Waals surface area contributed by atoms with Crippen molar-refractivity contribution >= 4 is 29.9 Å². The van der Waals surface area contributed by atoms with Crippen molar-refractivity contribution in [2.24, 2.45) is 10.9 Å². The molecule has 1 aliphatic heterocycles. The molecule has 0 saturated carbocycles. The van der Waals surface area contributed by atoms with Gasteiger partial charge in [-0.25, -0.2) is 4.98 Å². The molecule has 2 heterocycles. The topological polar surface area (TPSA) is 74.9 Å². The Morgan fingerprint density at radius 1 is 1.38 bits per heavy atom. The summed E-state index contributed by atoms with van der Waals surface area (Å²) >= 11 is 0. The van der Waals surface area contributed by atoms with Gasteiger partial charge in [-0.2, -0.15) is 0 Å². The van der Waals surface area contributed by atoms with Crippen molar-refractivity contribution in [1.82, 2.24) is 20.5 Å². The molecule has 8 heteroatoms. The Morgan fingerprint density at radius 2 is 2.08 bits per heavy atom. The van der Waals surface area contributed by atoms with Crippen molar-refractivity contribution in [3.8, 4) is 0 Å². The number of aromatic nitrogens is 1. The van der Waals surface area contributed by atoms with Crippen LogP contribution in [0.15, 0.2) is 9.41 Å². The van der Waals surface area contributed by atoms with Gasteiger partial charge >= 0.3 is 0 Å². The number of aliphatic imine (C=N–C) groups is 1. The highest BCUT2D eigenvalue weighted by Crippen LogP contribution is 2.19. The zero-order valence-electron chi connectivity index (χ0n) is 16.7. The maximum Gasteiger partial charge on any atom is 0.208 e. The third kappa shape index (κ3) is 7.40. The number of likely N-dealkylation sites (tertiary alicyclic amines) is 1. The molecule has 26 heavy (non-hydrogen) atoms. The number of piperidine rings is 1. The Bertz CT molecular complexity index is 536. The third-order valence-electron chi connectivity index (χ3n) is 4.72. The molecule has 0 bridgehead atoms. The number of methoxy groups -OCH3 is 1. The first-order chi connectivity index (χ1) is 12.0. The van der Waals surface area contributed by atoms with Crippen LogP contribution in [0.5, 0.6) is 0 Å². The summed E-state index contributed by atoms with van der Waals surface area (Å²) in [5.41, 5.74) is 0.996. The van der Waals surface area contributed by atoms with Crippen LogP contribution in [0.2, 0.25) is 0 Å². The maximum absolute atomic E-state index is 5.69. The number of nitrogens with zero attached hydrogens (tertiary/aromatic N) is 3. The molecular formula is C18H34IN5O2. The molecule has 1 aliphatic rings. The van der Waals surface area contributed by atoms with Crippen LogP contribution in [0.3, 0.4) is 0 Å². The molecular weight excluding hydrogens is 445 g/mol. The van der Waals surface area contributed by atoms with Crippen LogP contribution in [0.25, 0.3) is 0 Å². The molecule has 1 fully saturated rings. The van der Waals surface area contributed by atoms with Crippen molar-refractivity contribution in [1.29, 1.82) is 0 Å². The number of guanidine groups is 1. The van der Waals surface area contributed by atoms with Crippen molar-refractivity contribution in [3.63, 3.8) is 0 Å². The van der Waals surface area contributed by atoms with E-state index in [4.69, 9.17) is 9.15 Å². The van der Waals surface area contributed by atoms with Crippen LogP contribution in [0.1, 0.15) is 37.1 Å². The van der Waals surface area contributed by atoms with Crippen LogP contribution < -0.4 is 10.6 Å². The number of rotatable bonds is 7. The molecule has 1 aromatic heterocycles. The molecule has 2 N–H and O–H groups in total. The molecule has 0 amide bonds. The van der Waals surface area contributed by atoms with Crippen LogP contribution >= 0.6 is 24.0 Å². The fourth-order valence-electron chi connectivity index (χ4n) is 3.11. The Hall–Kier alpha value is -0.870. The van der Waals surface area contributed by atoms with Crippen LogP contribution in [-0.2, 0) is 11.3 Å². The summed E-state index contributed by atoms with van der Waals surface area (Å²) in [4.78, 5) is 11.2. The summed E-state index contributed by atoms with van der Waals surface area (Å²) in [5, 5.41) is 6.78. The van der Waals surface area contributed by atoms with E-state index in [0.29, 0.717) is 12.5 Å². The summed E-state index contributed by atoms with van der Waals surface area (Å²) in [7, 11) is 3.51. The highest BCUT2D eigenvalue weighted by molar-refractivity contribution is 14.0. The van der Waals surface area contributed by atoms with Crippen LogP contribution in [-0.4, -0.2) is 62.3 Å². The quantitative estimate of drug-likeness (QED) is 0.355. The summed E-state index contributed by atoms with van der Waals surface area (Å²) in [6, 6.07) is 0.241. The van der Waals surface area contributed by atoms with Crippen molar-refractivity contribution in [3.05, 3.63) is 17.3 Å². The molecule has 1 unspecified atom stereocenters. The first kappa shape index (κ1) is 23.2. The van der Waals surface area contributed by atoms with Gasteiger partial charge in [-0.15, -0.1) is 24.0 Å². The smallest absolute Gasteiger partial charge is 0.208 e. The number of hydrogen-bond acceptors (Lipinski definition) is 5. The number of aryl methyl sites for hydroxylation is 2. The first-order valence-corrected chi connectivity index (χ1v) is 9.13. The molecule has 0 aliphatic carbocycles. The molecule has 0 spiro atoms. The van der Waals surface area contributed by atoms with Gasteiger partial charge in [-0.3, -0.25) is 9.89 Å². The maximum atomic E-state index is 5.69. The number of halogens is 1. The second-order valence-corrected chi connectivity index (χ2v) is 6.92. The third-order valence-corrected chi connectivity index (χ3v) is 4.72. The zero-order valence-corrected chi connectivity index (χ0v) is 19.0. The lowest BCUT2D eigenvalue weighted by molar-refractivity contribution is 0.163. The number of oxazole rings is 1. The predicted molar refractivity (Wildman–Crippen MR) is 115 cm³/mol. The number of ether oxygens (including phenoxy) is 1. The first-order valence-electron chi connectivity index (χ1n) is 9.13. The average Bonchev–Trinajstić information content (AvgIpc) is 2.90. The monoisotopic (exact) mass is 479 g/mol. The minimum atomic E-state index is 0. The summed E-state index contributed by atoms with van der Waals surface area (Å²) in [6.45, 7) is 10.6. The zero-order chi connectivity index (χ0) is 18.2. The second-order valence-electron chi connectivity index (χ2n) is 6.92. The molecule has 150 valence electrons. The van der Waals surface area contributed by atoms with Gasteiger partial charge in [0.15, 0.2) is 5.96 Å². The lowest BCUT2D eigenvalue weighted by atomic mass is 9.97. The Balaban J connectivity index is 0.00000338. The molecule has 0 aromatic carbocycles. The van der Waals surface area contributed by atoms with E-state index in [1.807, 2.05) is 13.8 Å². The SMILES string of the molecule is CN=C(NCC1CCN(Cc2nc(C)c(C)o2)CC1)NC(C)COC.I. The van der Waals surface area contributed by atoms with Crippen molar-refractivity contribution < 1.29 is 9.15 Å². The van der Waals surface area contributed by atoms with E-state index in [1.54, 1.807) is 14.2 Å². The molecule has 1 aromatic rings. The Morgan fingerprint density at radius 3 is 2.62 bits per heavy atom. The van der Waals surface area contributed by atoms with Crippen molar-refractivity contribution in [2.75, 3.05) is 40.4 Å². The number of nitrogens with one attached hydrogen (secondary N) is 2. The minimum Gasteiger partial charge on any atom is -0.444 e. The van der Waals surface area contributed by atoms with E-state index >= 15 is 0 Å². The van der Waals surface area contributed by atoms with Crippen LogP contribution in [0, 0.1) is 19.8 Å². The lowest BCUT2D eigenvalue weighted by Crippen LogP contribution is -2.46. The van der Waals surface area contributed by atoms with E-state index in [2.05, 4.69) is 32.4 Å². The van der Waals surface area contributed by atoms with Gasteiger partial charge in [0.05, 0.1) is 18.8 Å². The largest absolute Gasteiger partial charge is 0.444 e. The van der Waals surface area contributed by atoms with Gasteiger partial charge in [0.1, 0.15) is 5.76 Å². The van der Waals surface area contributed by atoms with Gasteiger partial charge in [0.2, 0.25) is 5.89 Å². The second kappa shape index (κ2) is 11.8. The van der Waals surface area contributed by atoms with Gasteiger partial charge in [-0.1, -0.05) is 0 Å². The Kier molecular flexibility index (Phi) is 10.5. The van der Waals surface area contributed by atoms with E-state index in [-0.39, 0.29) is 30.0 Å². The van der Waals surface area contributed by atoms with E-state index in [1.165, 1.54) is 12.8 Å². The molecule has 2 rings (SSSR count). The normalized spacial score (nSPS) is 17.7. The lowest BCUT2D eigenvalue weighted by Gasteiger charge is -2.31. The Labute approximate surface area is 174 Å². The van der Waals surface area contributed by atoms with E-state index < -0.39 is 0 Å². The molecule has 7 nitrogen and oxygen atoms in total. The fourth-order valence-corrected chi connectivity index (χ4v) is 3.11. The van der Waals surface area contributed by atoms with Gasteiger partial charge in [-0.05, 0) is 52.6 Å². The average molecular weight is 479 g/mol. The summed E-state index contributed by atoms with van der Waals surface area (Å²) in [5.74, 6) is 3.28. The molecule has 0 radical (unpaired) electrons. The van der Waals surface area contributed by atoms with Gasteiger partial charge in [0.25, 0.3) is 0 Å². The standard InChI is InChI=1S/C18H33N5O2.HI/c1-13(12-24-5)21-18(19-4)20-10-16-6-8-23(9-7-16)11-17-22-14(2)15(3)25-17;/h13,16H,6-12H2,1-5H3,(H2,19,20,21);1H. The van der Waals surface area contributed by atoms with E-state index in [9.17, 15) is 0 Å².